The fourth-order valence-corrected chi connectivity index (χ4v) is 2.82. The van der Waals surface area contributed by atoms with Gasteiger partial charge < -0.3 is 9.47 Å². The first-order chi connectivity index (χ1) is 11.0. The highest BCUT2D eigenvalue weighted by Crippen LogP contribution is 2.30. The summed E-state index contributed by atoms with van der Waals surface area (Å²) in [6.45, 7) is 5.94. The van der Waals surface area contributed by atoms with Crippen LogP contribution in [0.2, 0.25) is 0 Å². The van der Waals surface area contributed by atoms with Crippen LogP contribution in [0.5, 0.6) is 0 Å². The Bertz CT molecular complexity index is 792. The summed E-state index contributed by atoms with van der Waals surface area (Å²) in [7, 11) is 0. The molecule has 0 fully saturated rings. The zero-order valence-corrected chi connectivity index (χ0v) is 13.6. The number of rotatable bonds is 4. The van der Waals surface area contributed by atoms with Crippen molar-refractivity contribution in [2.75, 3.05) is 0 Å². The lowest BCUT2D eigenvalue weighted by molar-refractivity contribution is -0.166. The van der Waals surface area contributed by atoms with E-state index in [0.717, 1.165) is 22.1 Å². The van der Waals surface area contributed by atoms with Gasteiger partial charge in [0.15, 0.2) is 0 Å². The van der Waals surface area contributed by atoms with E-state index >= 15 is 0 Å². The number of carbonyl (C=O) groups is 1. The number of benzene rings is 2. The van der Waals surface area contributed by atoms with E-state index < -0.39 is 6.29 Å². The van der Waals surface area contributed by atoms with Gasteiger partial charge in [-0.1, -0.05) is 54.1 Å². The topological polar surface area (TPSA) is 35.5 Å². The highest BCUT2D eigenvalue weighted by atomic mass is 16.7. The van der Waals surface area contributed by atoms with Gasteiger partial charge in [0.2, 0.25) is 6.29 Å². The lowest BCUT2D eigenvalue weighted by Gasteiger charge is -2.21. The lowest BCUT2D eigenvalue weighted by Crippen LogP contribution is -2.18. The van der Waals surface area contributed by atoms with Crippen LogP contribution < -0.4 is 0 Å². The van der Waals surface area contributed by atoms with Gasteiger partial charge in [-0.05, 0) is 37.1 Å². The fourth-order valence-electron chi connectivity index (χ4n) is 2.82. The predicted molar refractivity (Wildman–Crippen MR) is 90.8 cm³/mol. The lowest BCUT2D eigenvalue weighted by atomic mass is 10.0. The predicted octanol–water partition coefficient (Wildman–Crippen LogP) is 4.69. The van der Waals surface area contributed by atoms with Crippen molar-refractivity contribution in [1.29, 1.82) is 0 Å². The Morgan fingerprint density at radius 3 is 2.70 bits per heavy atom. The molecular formula is C20H20O3. The van der Waals surface area contributed by atoms with Gasteiger partial charge in [-0.25, -0.2) is 4.79 Å². The Morgan fingerprint density at radius 1 is 1.17 bits per heavy atom. The van der Waals surface area contributed by atoms with Gasteiger partial charge in [0.05, 0.1) is 6.10 Å². The van der Waals surface area contributed by atoms with Crippen molar-refractivity contribution in [3.05, 3.63) is 71.3 Å². The molecule has 0 aliphatic carbocycles. The largest absolute Gasteiger partial charge is 0.428 e. The molecule has 0 radical (unpaired) electrons. The van der Waals surface area contributed by atoms with E-state index in [1.54, 1.807) is 0 Å². The number of ether oxygens (including phenoxy) is 2. The van der Waals surface area contributed by atoms with Gasteiger partial charge >= 0.3 is 5.97 Å². The summed E-state index contributed by atoms with van der Waals surface area (Å²) in [5.74, 6) is -0.354. The Morgan fingerprint density at radius 2 is 1.91 bits per heavy atom. The highest BCUT2D eigenvalue weighted by molar-refractivity contribution is 5.87. The number of carbonyl (C=O) groups excluding carboxylic acids is 1. The minimum Gasteiger partial charge on any atom is -0.428 e. The summed E-state index contributed by atoms with van der Waals surface area (Å²) < 4.78 is 11.3. The molecule has 1 aliphatic rings. The first-order valence-corrected chi connectivity index (χ1v) is 7.75. The van der Waals surface area contributed by atoms with Crippen molar-refractivity contribution in [1.82, 2.24) is 0 Å². The summed E-state index contributed by atoms with van der Waals surface area (Å²) in [5.41, 5.74) is 2.95. The van der Waals surface area contributed by atoms with Crippen molar-refractivity contribution in [2.45, 2.75) is 33.2 Å². The van der Waals surface area contributed by atoms with Crippen molar-refractivity contribution in [3.8, 4) is 0 Å². The average Bonchev–Trinajstić information content (AvgIpc) is 2.85. The molecule has 2 aromatic rings. The van der Waals surface area contributed by atoms with Crippen molar-refractivity contribution in [3.63, 3.8) is 0 Å². The number of cyclic esters (lactones) is 1. The molecule has 23 heavy (non-hydrogen) atoms. The number of hydrogen-bond acceptors (Lipinski definition) is 3. The third kappa shape index (κ3) is 3.35. The second kappa shape index (κ2) is 6.39. The molecule has 1 heterocycles. The fraction of sp³-hybridized carbons (Fsp3) is 0.250. The molecule has 0 spiro atoms. The maximum absolute atomic E-state index is 11.6. The molecule has 1 unspecified atom stereocenters. The summed E-state index contributed by atoms with van der Waals surface area (Å²) in [4.78, 5) is 11.6. The molecule has 2 atom stereocenters. The van der Waals surface area contributed by atoms with E-state index in [1.807, 2.05) is 51.1 Å². The summed E-state index contributed by atoms with van der Waals surface area (Å²) in [6.07, 6.45) is 2.58. The Hall–Kier alpha value is -2.39. The molecule has 3 heteroatoms. The van der Waals surface area contributed by atoms with E-state index in [4.69, 9.17) is 9.47 Å². The molecule has 0 saturated heterocycles. The quantitative estimate of drug-likeness (QED) is 0.768. The van der Waals surface area contributed by atoms with E-state index in [2.05, 4.69) is 18.2 Å². The zero-order chi connectivity index (χ0) is 16.4. The van der Waals surface area contributed by atoms with Crippen molar-refractivity contribution in [2.24, 2.45) is 0 Å². The molecular weight excluding hydrogens is 288 g/mol. The maximum Gasteiger partial charge on any atom is 0.333 e. The Kier molecular flexibility index (Phi) is 4.30. The van der Waals surface area contributed by atoms with Crippen LogP contribution in [0.25, 0.3) is 10.8 Å². The van der Waals surface area contributed by atoms with Crippen LogP contribution in [-0.4, -0.2) is 12.3 Å². The molecule has 0 N–H and O–H groups in total. The summed E-state index contributed by atoms with van der Waals surface area (Å²) in [6, 6.07) is 14.3. The van der Waals surface area contributed by atoms with Crippen LogP contribution in [0.4, 0.5) is 0 Å². The molecule has 2 aromatic carbocycles. The maximum atomic E-state index is 11.6. The van der Waals surface area contributed by atoms with Crippen LogP contribution in [-0.2, 0) is 14.3 Å². The van der Waals surface area contributed by atoms with Gasteiger partial charge in [0.1, 0.15) is 0 Å². The second-order valence-electron chi connectivity index (χ2n) is 5.98. The minimum atomic E-state index is -0.647. The van der Waals surface area contributed by atoms with Gasteiger partial charge in [-0.15, -0.1) is 0 Å². The van der Waals surface area contributed by atoms with Crippen LogP contribution in [0, 0.1) is 0 Å². The normalized spacial score (nSPS) is 18.5. The number of fused-ring (bicyclic) bond motifs is 1. The molecule has 0 amide bonds. The first kappa shape index (κ1) is 15.5. The monoisotopic (exact) mass is 308 g/mol. The third-order valence-electron chi connectivity index (χ3n) is 3.82. The van der Waals surface area contributed by atoms with E-state index in [9.17, 15) is 4.79 Å². The smallest absolute Gasteiger partial charge is 0.333 e. The van der Waals surface area contributed by atoms with Crippen LogP contribution >= 0.6 is 0 Å². The standard InChI is InChI=1S/C20H20O3/c1-13(2)11-16-12-19(21)23-20(16)22-14(3)17-10-6-8-15-7-4-5-9-18(15)17/h4-12,14,20H,1-3H3/t14-,20?/m0/s1. The number of allylic oxidation sites excluding steroid dienone is 1. The first-order valence-electron chi connectivity index (χ1n) is 7.75. The minimum absolute atomic E-state index is 0.189. The molecule has 0 aromatic heterocycles. The molecule has 3 nitrogen and oxygen atoms in total. The van der Waals surface area contributed by atoms with Gasteiger partial charge in [0, 0.05) is 11.6 Å². The van der Waals surface area contributed by atoms with Gasteiger partial charge in [-0.3, -0.25) is 0 Å². The van der Waals surface area contributed by atoms with Crippen LogP contribution in [0.1, 0.15) is 32.4 Å². The molecule has 118 valence electrons. The summed E-state index contributed by atoms with van der Waals surface area (Å²) >= 11 is 0. The zero-order valence-electron chi connectivity index (χ0n) is 13.6. The van der Waals surface area contributed by atoms with Gasteiger partial charge in [-0.2, -0.15) is 0 Å². The second-order valence-corrected chi connectivity index (χ2v) is 5.98. The summed E-state index contributed by atoms with van der Waals surface area (Å²) in [5, 5.41) is 2.32. The van der Waals surface area contributed by atoms with E-state index in [0.29, 0.717) is 0 Å². The van der Waals surface area contributed by atoms with E-state index in [1.165, 1.54) is 11.5 Å². The number of hydrogen-bond donors (Lipinski definition) is 0. The molecule has 0 saturated carbocycles. The van der Waals surface area contributed by atoms with Crippen molar-refractivity contribution >= 4 is 16.7 Å². The van der Waals surface area contributed by atoms with Gasteiger partial charge in [0.25, 0.3) is 0 Å². The van der Waals surface area contributed by atoms with E-state index in [-0.39, 0.29) is 12.1 Å². The Labute approximate surface area is 136 Å². The third-order valence-corrected chi connectivity index (χ3v) is 3.82. The van der Waals surface area contributed by atoms with Crippen molar-refractivity contribution < 1.29 is 14.3 Å². The van der Waals surface area contributed by atoms with Crippen LogP contribution in [0.3, 0.4) is 0 Å². The molecule has 3 rings (SSSR count). The SMILES string of the molecule is CC(C)=CC1=CC(=O)OC1O[C@@H](C)c1cccc2ccccc12. The average molecular weight is 308 g/mol. The Balaban J connectivity index is 1.86. The highest BCUT2D eigenvalue weighted by Gasteiger charge is 2.28. The number of esters is 1. The molecule has 1 aliphatic heterocycles. The molecule has 0 bridgehead atoms. The van der Waals surface area contributed by atoms with Crippen LogP contribution in [0.15, 0.2) is 65.8 Å².